The van der Waals surface area contributed by atoms with Gasteiger partial charge in [-0.3, -0.25) is 4.79 Å². The fourth-order valence-corrected chi connectivity index (χ4v) is 4.58. The molecule has 2 aliphatic heterocycles. The molecule has 0 unspecified atom stereocenters. The maximum Gasteiger partial charge on any atom is 0.246 e. The lowest BCUT2D eigenvalue weighted by Crippen LogP contribution is -2.65. The first-order valence-corrected chi connectivity index (χ1v) is 13.3. The van der Waals surface area contributed by atoms with Crippen LogP contribution in [0, 0.1) is 0 Å². The van der Waals surface area contributed by atoms with Gasteiger partial charge in [-0.15, -0.1) is 0 Å². The van der Waals surface area contributed by atoms with Gasteiger partial charge in [-0.1, -0.05) is 60.7 Å². The molecule has 0 aromatic heterocycles. The lowest BCUT2D eigenvalue weighted by molar-refractivity contribution is -0.322. The molecule has 2 fully saturated rings. The highest BCUT2D eigenvalue weighted by Crippen LogP contribution is 2.26. The molecule has 0 saturated carbocycles. The molecule has 0 spiro atoms. The van der Waals surface area contributed by atoms with Crippen LogP contribution in [0.1, 0.15) is 11.1 Å². The molecule has 0 radical (unpaired) electrons. The molecule has 7 N–H and O–H groups in total. The zero-order valence-corrected chi connectivity index (χ0v) is 22.2. The minimum atomic E-state index is -1.66. The Morgan fingerprint density at radius 1 is 0.707 bits per heavy atom. The largest absolute Gasteiger partial charge is 0.394 e. The Morgan fingerprint density at radius 3 is 1.93 bits per heavy atom. The number of rotatable bonds is 12. The van der Waals surface area contributed by atoms with E-state index in [0.717, 1.165) is 11.1 Å². The van der Waals surface area contributed by atoms with E-state index in [1.807, 2.05) is 60.7 Å². The number of hydrogen-bond donors (Lipinski definition) is 7. The first-order chi connectivity index (χ1) is 19.8. The van der Waals surface area contributed by atoms with Crippen molar-refractivity contribution in [3.63, 3.8) is 0 Å². The van der Waals surface area contributed by atoms with Crippen LogP contribution in [0.25, 0.3) is 0 Å². The minimum Gasteiger partial charge on any atom is -0.394 e. The zero-order valence-electron chi connectivity index (χ0n) is 22.2. The standard InChI is InChI=1S/C28H37NO12/c30-11-18-22(32)25(35)26(36)28(40-18)39-14-19-23(33)24(34)21(27(41-19)38-13-17-9-5-2-6-10-17)29-20(31)15-37-12-16-7-3-1-4-8-16/h1-10,18-19,21-28,30,32-36H,11-15H2,(H,29,31)/t18-,19-,21-,22+,23-,24-,25+,26-,27+,28-/m1/s1. The maximum absolute atomic E-state index is 12.7. The number of benzene rings is 2. The lowest BCUT2D eigenvalue weighted by atomic mass is 9.96. The molecule has 4 rings (SSSR count). The molecule has 10 atom stereocenters. The summed E-state index contributed by atoms with van der Waals surface area (Å²) in [7, 11) is 0. The van der Waals surface area contributed by atoms with Crippen LogP contribution in [0.3, 0.4) is 0 Å². The number of amides is 1. The van der Waals surface area contributed by atoms with Crippen molar-refractivity contribution in [1.29, 1.82) is 0 Å². The second-order valence-electron chi connectivity index (χ2n) is 9.92. The van der Waals surface area contributed by atoms with E-state index in [2.05, 4.69) is 5.32 Å². The number of nitrogens with one attached hydrogen (secondary N) is 1. The lowest BCUT2D eigenvalue weighted by Gasteiger charge is -2.44. The molecule has 0 aliphatic carbocycles. The van der Waals surface area contributed by atoms with Crippen molar-refractivity contribution in [3.05, 3.63) is 71.8 Å². The third-order valence-corrected chi connectivity index (χ3v) is 6.90. The van der Waals surface area contributed by atoms with E-state index in [4.69, 9.17) is 23.7 Å². The molecule has 2 aromatic rings. The summed E-state index contributed by atoms with van der Waals surface area (Å²) in [6.07, 6.45) is -13.1. The van der Waals surface area contributed by atoms with Gasteiger partial charge in [0.1, 0.15) is 55.4 Å². The van der Waals surface area contributed by atoms with Crippen LogP contribution in [0.15, 0.2) is 60.7 Å². The Kier molecular flexibility index (Phi) is 11.6. The molecular formula is C28H37NO12. The Balaban J connectivity index is 1.39. The Morgan fingerprint density at radius 2 is 1.29 bits per heavy atom. The van der Waals surface area contributed by atoms with Crippen molar-refractivity contribution in [2.24, 2.45) is 0 Å². The van der Waals surface area contributed by atoms with Gasteiger partial charge in [-0.25, -0.2) is 0 Å². The number of carbonyl (C=O) groups excluding carboxylic acids is 1. The molecule has 0 bridgehead atoms. The van der Waals surface area contributed by atoms with Crippen LogP contribution in [-0.2, 0) is 41.7 Å². The molecule has 2 saturated heterocycles. The molecule has 226 valence electrons. The summed E-state index contributed by atoms with van der Waals surface area (Å²) in [6.45, 7) is -1.13. The highest BCUT2D eigenvalue weighted by Gasteiger charge is 2.48. The molecular weight excluding hydrogens is 542 g/mol. The van der Waals surface area contributed by atoms with Crippen LogP contribution in [0.5, 0.6) is 0 Å². The highest BCUT2D eigenvalue weighted by atomic mass is 16.7. The van der Waals surface area contributed by atoms with Crippen molar-refractivity contribution in [2.45, 2.75) is 74.6 Å². The van der Waals surface area contributed by atoms with Gasteiger partial charge in [-0.05, 0) is 11.1 Å². The zero-order chi connectivity index (χ0) is 29.4. The summed E-state index contributed by atoms with van der Waals surface area (Å²) >= 11 is 0. The quantitative estimate of drug-likeness (QED) is 0.149. The Labute approximate surface area is 236 Å². The van der Waals surface area contributed by atoms with Gasteiger partial charge < -0.3 is 59.6 Å². The van der Waals surface area contributed by atoms with Crippen molar-refractivity contribution in [2.75, 3.05) is 19.8 Å². The predicted molar refractivity (Wildman–Crippen MR) is 140 cm³/mol. The summed E-state index contributed by atoms with van der Waals surface area (Å²) in [5.74, 6) is -0.565. The van der Waals surface area contributed by atoms with Crippen molar-refractivity contribution in [1.82, 2.24) is 5.32 Å². The van der Waals surface area contributed by atoms with E-state index < -0.39 is 80.5 Å². The second-order valence-corrected chi connectivity index (χ2v) is 9.92. The first kappa shape index (κ1) is 31.4. The van der Waals surface area contributed by atoms with Gasteiger partial charge in [0.25, 0.3) is 0 Å². The second kappa shape index (κ2) is 15.1. The summed E-state index contributed by atoms with van der Waals surface area (Å²) < 4.78 is 28.1. The summed E-state index contributed by atoms with van der Waals surface area (Å²) in [6, 6.07) is 17.2. The normalized spacial score (nSPS) is 33.8. The van der Waals surface area contributed by atoms with E-state index in [-0.39, 0.29) is 19.8 Å². The molecule has 2 aliphatic rings. The number of ether oxygens (including phenoxy) is 5. The maximum atomic E-state index is 12.7. The van der Waals surface area contributed by atoms with Crippen LogP contribution < -0.4 is 5.32 Å². The van der Waals surface area contributed by atoms with E-state index in [9.17, 15) is 35.4 Å². The monoisotopic (exact) mass is 579 g/mol. The first-order valence-electron chi connectivity index (χ1n) is 13.3. The SMILES string of the molecule is O=C(COCc1ccccc1)N[C@H]1[C@@H](OCc2ccccc2)O[C@H](CO[C@@H]2O[C@H](CO)[C@H](O)[C@H](O)[C@H]2O)[C@@H](O)[C@@H]1O. The minimum absolute atomic E-state index is 0.0610. The molecule has 2 heterocycles. The van der Waals surface area contributed by atoms with E-state index in [1.165, 1.54) is 0 Å². The van der Waals surface area contributed by atoms with E-state index in [1.54, 1.807) is 0 Å². The van der Waals surface area contributed by atoms with Crippen molar-refractivity contribution in [3.8, 4) is 0 Å². The summed E-state index contributed by atoms with van der Waals surface area (Å²) in [4.78, 5) is 12.7. The average molecular weight is 580 g/mol. The van der Waals surface area contributed by atoms with Gasteiger partial charge in [0.05, 0.1) is 26.4 Å². The summed E-state index contributed by atoms with van der Waals surface area (Å²) in [5, 5.41) is 64.0. The van der Waals surface area contributed by atoms with Crippen LogP contribution in [0.4, 0.5) is 0 Å². The number of hydrogen-bond acceptors (Lipinski definition) is 12. The fourth-order valence-electron chi connectivity index (χ4n) is 4.58. The number of aliphatic hydroxyl groups excluding tert-OH is 6. The van der Waals surface area contributed by atoms with Gasteiger partial charge >= 0.3 is 0 Å². The van der Waals surface area contributed by atoms with Gasteiger partial charge in [0.2, 0.25) is 5.91 Å². The third-order valence-electron chi connectivity index (χ3n) is 6.90. The van der Waals surface area contributed by atoms with Crippen LogP contribution in [0.2, 0.25) is 0 Å². The summed E-state index contributed by atoms with van der Waals surface area (Å²) in [5.41, 5.74) is 1.67. The third kappa shape index (κ3) is 8.28. The topological polar surface area (TPSA) is 197 Å². The predicted octanol–water partition coefficient (Wildman–Crippen LogP) is -1.83. The van der Waals surface area contributed by atoms with Crippen molar-refractivity contribution >= 4 is 5.91 Å². The van der Waals surface area contributed by atoms with Crippen molar-refractivity contribution < 1.29 is 59.1 Å². The average Bonchev–Trinajstić information content (AvgIpc) is 2.99. The highest BCUT2D eigenvalue weighted by molar-refractivity contribution is 5.77. The number of aliphatic hydroxyl groups is 6. The number of carbonyl (C=O) groups is 1. The smallest absolute Gasteiger partial charge is 0.246 e. The molecule has 1 amide bonds. The Hall–Kier alpha value is -2.53. The van der Waals surface area contributed by atoms with Gasteiger partial charge in [-0.2, -0.15) is 0 Å². The fraction of sp³-hybridized carbons (Fsp3) is 0.536. The van der Waals surface area contributed by atoms with Gasteiger partial charge in [0, 0.05) is 0 Å². The molecule has 13 heteroatoms. The van der Waals surface area contributed by atoms with E-state index >= 15 is 0 Å². The van der Waals surface area contributed by atoms with E-state index in [0.29, 0.717) is 0 Å². The Bertz CT molecular complexity index is 1060. The molecule has 41 heavy (non-hydrogen) atoms. The van der Waals surface area contributed by atoms with Gasteiger partial charge in [0.15, 0.2) is 12.6 Å². The van der Waals surface area contributed by atoms with Crippen LogP contribution >= 0.6 is 0 Å². The van der Waals surface area contributed by atoms with Crippen LogP contribution in [-0.4, -0.2) is 118 Å². The molecule has 2 aromatic carbocycles. The molecule has 13 nitrogen and oxygen atoms in total.